The summed E-state index contributed by atoms with van der Waals surface area (Å²) in [6.45, 7) is 2.07. The van der Waals surface area contributed by atoms with E-state index in [1.165, 1.54) is 32.0 Å². The van der Waals surface area contributed by atoms with Crippen LogP contribution in [0, 0.1) is 17.2 Å². The highest BCUT2D eigenvalue weighted by molar-refractivity contribution is 7.90. The highest BCUT2D eigenvalue weighted by Gasteiger charge is 2.45. The van der Waals surface area contributed by atoms with Gasteiger partial charge in [-0.3, -0.25) is 4.79 Å². The summed E-state index contributed by atoms with van der Waals surface area (Å²) in [5.41, 5.74) is -0.0801. The van der Waals surface area contributed by atoms with Crippen LogP contribution in [-0.4, -0.2) is 87.7 Å². The van der Waals surface area contributed by atoms with Crippen LogP contribution in [0.5, 0.6) is 0 Å². The van der Waals surface area contributed by atoms with Gasteiger partial charge in [0.05, 0.1) is 29.1 Å². The van der Waals surface area contributed by atoms with Crippen LogP contribution < -0.4 is 5.31 Å². The number of hydrogen-bond acceptors (Lipinski definition) is 10. The molecule has 0 spiro atoms. The van der Waals surface area contributed by atoms with Gasteiger partial charge in [0.1, 0.15) is 30.1 Å². The Morgan fingerprint density at radius 2 is 2.03 bits per heavy atom. The molecular formula is C22H26N4O9S. The zero-order valence-electron chi connectivity index (χ0n) is 20.5. The Labute approximate surface area is 207 Å². The van der Waals surface area contributed by atoms with Crippen LogP contribution in [0.15, 0.2) is 34.9 Å². The van der Waals surface area contributed by atoms with E-state index in [-0.39, 0.29) is 21.5 Å². The molecule has 0 saturated heterocycles. The third-order valence-electron chi connectivity index (χ3n) is 5.66. The van der Waals surface area contributed by atoms with Gasteiger partial charge in [-0.1, -0.05) is 13.8 Å². The second-order valence-corrected chi connectivity index (χ2v) is 10.6. The van der Waals surface area contributed by atoms with E-state index in [4.69, 9.17) is 6.15 Å². The van der Waals surface area contributed by atoms with Crippen LogP contribution in [0.3, 0.4) is 0 Å². The van der Waals surface area contributed by atoms with Crippen LogP contribution >= 0.6 is 0 Å². The zero-order chi connectivity index (χ0) is 27.8. The first-order chi connectivity index (χ1) is 17.2. The highest BCUT2D eigenvalue weighted by Crippen LogP contribution is 2.33. The molecule has 1 aromatic carbocycles. The lowest BCUT2D eigenvalue weighted by molar-refractivity contribution is -0.147. The molecule has 1 aromatic heterocycles. The zero-order valence-corrected chi connectivity index (χ0v) is 20.3. The fraction of sp³-hybridized carbons (Fsp3) is 0.455. The van der Waals surface area contributed by atoms with Crippen LogP contribution in [0.1, 0.15) is 25.6 Å². The molecule has 194 valence electrons. The second kappa shape index (κ2) is 10.2. The minimum Gasteiger partial charge on any atom is -0.478 e. The lowest BCUT2D eigenvalue weighted by Crippen LogP contribution is -2.59. The lowest BCUT2D eigenvalue weighted by atomic mass is 9.91. The Kier molecular flexibility index (Phi) is 7.27. The summed E-state index contributed by atoms with van der Waals surface area (Å²) in [6, 6.07) is 2.84. The Bertz CT molecular complexity index is 1400. The molecule has 3 rings (SSSR count). The van der Waals surface area contributed by atoms with E-state index in [1.54, 1.807) is 0 Å². The number of aliphatic hydroxyl groups excluding tert-OH is 3. The van der Waals surface area contributed by atoms with Crippen molar-refractivity contribution in [3.8, 4) is 6.07 Å². The summed E-state index contributed by atoms with van der Waals surface area (Å²) < 4.78 is 39.0. The van der Waals surface area contributed by atoms with Crippen LogP contribution in [0.4, 0.5) is 0 Å². The number of aliphatic hydroxyl groups is 3. The van der Waals surface area contributed by atoms with Crippen molar-refractivity contribution in [3.63, 3.8) is 0 Å². The number of carbonyl (C=O) groups excluding carboxylic acids is 1. The molecule has 0 saturated carbocycles. The predicted octanol–water partition coefficient (Wildman–Crippen LogP) is -0.925. The number of carboxylic acids is 1. The van der Waals surface area contributed by atoms with Gasteiger partial charge in [-0.05, 0) is 24.3 Å². The van der Waals surface area contributed by atoms with Crippen LogP contribution in [0.2, 0.25) is 1.41 Å². The third-order valence-corrected chi connectivity index (χ3v) is 6.77. The molecule has 14 heteroatoms. The van der Waals surface area contributed by atoms with Gasteiger partial charge in [-0.25, -0.2) is 17.9 Å². The number of ether oxygens (including phenoxy) is 1. The van der Waals surface area contributed by atoms with Crippen molar-refractivity contribution in [3.05, 3.63) is 35.7 Å². The SMILES string of the molecule is [2H]N(C(=O)C(C)C)[C@H]1[C@H]([C@H](O)[C@H](O)CO)OC(C(=O)O)=C[C@@H]1n1nc2cc(S(C)(=O)=O)ccc2c1C#N. The monoisotopic (exact) mass is 523 g/mol. The first kappa shape index (κ1) is 25.6. The number of sulfone groups is 1. The molecule has 0 fully saturated rings. The van der Waals surface area contributed by atoms with E-state index < -0.39 is 70.4 Å². The smallest absolute Gasteiger partial charge is 0.370 e. The lowest BCUT2D eigenvalue weighted by Gasteiger charge is -2.40. The summed E-state index contributed by atoms with van der Waals surface area (Å²) in [4.78, 5) is 24.6. The molecule has 0 unspecified atom stereocenters. The third kappa shape index (κ3) is 5.19. The van der Waals surface area contributed by atoms with Gasteiger partial charge in [-0.2, -0.15) is 10.4 Å². The highest BCUT2D eigenvalue weighted by atomic mass is 32.2. The molecule has 5 atom stereocenters. The number of nitrogens with one attached hydrogen (secondary N) is 1. The van der Waals surface area contributed by atoms with Crippen molar-refractivity contribution < 1.29 is 44.6 Å². The molecule has 2 heterocycles. The first-order valence-corrected chi connectivity index (χ1v) is 12.6. The number of amides is 1. The predicted molar refractivity (Wildman–Crippen MR) is 123 cm³/mol. The molecule has 0 radical (unpaired) electrons. The Balaban J connectivity index is 2.32. The van der Waals surface area contributed by atoms with Crippen molar-refractivity contribution in [2.75, 3.05) is 12.9 Å². The van der Waals surface area contributed by atoms with Gasteiger partial charge in [-0.15, -0.1) is 0 Å². The van der Waals surface area contributed by atoms with Gasteiger partial charge >= 0.3 is 5.97 Å². The maximum atomic E-state index is 12.8. The maximum absolute atomic E-state index is 12.8. The van der Waals surface area contributed by atoms with Crippen molar-refractivity contribution in [2.24, 2.45) is 5.92 Å². The first-order valence-electron chi connectivity index (χ1n) is 11.2. The number of aliphatic carboxylic acids is 1. The number of fused-ring (bicyclic) bond motifs is 1. The van der Waals surface area contributed by atoms with Crippen molar-refractivity contribution in [1.29, 1.82) is 5.26 Å². The molecule has 5 N–H and O–H groups in total. The normalized spacial score (nSPS) is 22.2. The summed E-state index contributed by atoms with van der Waals surface area (Å²) in [5, 5.41) is 54.7. The number of nitriles is 1. The summed E-state index contributed by atoms with van der Waals surface area (Å²) in [5.74, 6) is -3.77. The molecule has 13 nitrogen and oxygen atoms in total. The number of nitrogens with zero attached hydrogens (tertiary/aromatic N) is 3. The topological polar surface area (TPSA) is 212 Å². The molecule has 1 amide bonds. The van der Waals surface area contributed by atoms with Crippen molar-refractivity contribution >= 4 is 32.6 Å². The number of aromatic nitrogens is 2. The van der Waals surface area contributed by atoms with Gasteiger partial charge in [0.15, 0.2) is 11.2 Å². The number of carbonyl (C=O) groups is 2. The Morgan fingerprint density at radius 3 is 2.56 bits per heavy atom. The van der Waals surface area contributed by atoms with Gasteiger partial charge in [0.25, 0.3) is 0 Å². The van der Waals surface area contributed by atoms with E-state index in [9.17, 15) is 43.7 Å². The molecule has 0 bridgehead atoms. The average Bonchev–Trinajstić information content (AvgIpc) is 3.23. The number of hydrogen-bond donors (Lipinski definition) is 5. The quantitative estimate of drug-likeness (QED) is 0.285. The minimum absolute atomic E-state index is 0.0641. The second-order valence-electron chi connectivity index (χ2n) is 8.62. The van der Waals surface area contributed by atoms with Crippen LogP contribution in [0.25, 0.3) is 10.9 Å². The van der Waals surface area contributed by atoms with Crippen LogP contribution in [-0.2, 0) is 24.2 Å². The summed E-state index contributed by atoms with van der Waals surface area (Å²) in [7, 11) is -3.64. The number of carboxylic acid groups (broad SMARTS) is 1. The van der Waals surface area contributed by atoms with E-state index in [2.05, 4.69) is 5.10 Å². The van der Waals surface area contributed by atoms with Gasteiger partial charge in [0, 0.05) is 17.6 Å². The average molecular weight is 524 g/mol. The Hall–Kier alpha value is -3.51. The fourth-order valence-corrected chi connectivity index (χ4v) is 4.37. The standard InChI is InChI=1S/C22H26N4O9S/c1-10(2)21(30)24-18-14(7-17(22(31)32)35-20(18)19(29)16(28)9-27)26-15(8-23)12-5-4-11(36(3,33)34)6-13(12)25-26/h4-7,10,14,16,18-20,27-29H,9H2,1-3H3,(H,24,30)(H,31,32)/t14-,16+,18+,19+,20+/m0/s1/i/hD. The Morgan fingerprint density at radius 1 is 1.36 bits per heavy atom. The van der Waals surface area contributed by atoms with E-state index in [1.807, 2.05) is 6.07 Å². The minimum atomic E-state index is -3.64. The van der Waals surface area contributed by atoms with Gasteiger partial charge in [0.2, 0.25) is 11.7 Å². The molecule has 1 aliphatic heterocycles. The van der Waals surface area contributed by atoms with E-state index in [0.29, 0.717) is 5.31 Å². The molecule has 2 aromatic rings. The number of benzene rings is 1. The van der Waals surface area contributed by atoms with Crippen molar-refractivity contribution in [1.82, 2.24) is 15.1 Å². The van der Waals surface area contributed by atoms with Crippen molar-refractivity contribution in [2.45, 2.75) is 49.1 Å². The fourth-order valence-electron chi connectivity index (χ4n) is 3.73. The van der Waals surface area contributed by atoms with E-state index in [0.717, 1.165) is 17.0 Å². The molecular weight excluding hydrogens is 496 g/mol. The largest absolute Gasteiger partial charge is 0.478 e. The molecule has 36 heavy (non-hydrogen) atoms. The summed E-state index contributed by atoms with van der Waals surface area (Å²) >= 11 is 0. The van der Waals surface area contributed by atoms with E-state index >= 15 is 0 Å². The molecule has 1 aliphatic rings. The number of rotatable bonds is 8. The molecule has 0 aliphatic carbocycles. The summed E-state index contributed by atoms with van der Waals surface area (Å²) in [6.07, 6.45) is -3.54. The maximum Gasteiger partial charge on any atom is 0.370 e. The van der Waals surface area contributed by atoms with Gasteiger partial charge < -0.3 is 30.5 Å².